The number of aromatic nitrogens is 3. The number of hydrogen-bond acceptors (Lipinski definition) is 3. The fraction of sp³-hybridized carbons (Fsp3) is 0.0208. The topological polar surface area (TPSA) is 46.2 Å². The van der Waals surface area contributed by atoms with E-state index in [9.17, 15) is 5.11 Å². The summed E-state index contributed by atoms with van der Waals surface area (Å²) >= 11 is 0. The van der Waals surface area contributed by atoms with Gasteiger partial charge in [0.25, 0.3) is 0 Å². The van der Waals surface area contributed by atoms with Crippen molar-refractivity contribution in [1.82, 2.24) is 14.1 Å². The summed E-state index contributed by atoms with van der Waals surface area (Å²) in [5.74, 6) is 0. The molecular weight excluding hydrogens is 649 g/mol. The molecule has 0 spiro atoms. The lowest BCUT2D eigenvalue weighted by Gasteiger charge is -2.27. The van der Waals surface area contributed by atoms with Crippen molar-refractivity contribution < 1.29 is 5.11 Å². The van der Waals surface area contributed by atoms with Crippen LogP contribution in [0.1, 0.15) is 5.56 Å². The summed E-state index contributed by atoms with van der Waals surface area (Å²) < 4.78 is 4.71. The number of aliphatic hydroxyl groups excluding tert-OH is 1. The molecule has 7 aromatic carbocycles. The molecule has 0 aliphatic carbocycles. The van der Waals surface area contributed by atoms with Crippen LogP contribution >= 0.6 is 0 Å². The highest BCUT2D eigenvalue weighted by atomic mass is 16.3. The molecule has 5 heteroatoms. The summed E-state index contributed by atoms with van der Waals surface area (Å²) in [6.07, 6.45) is 1.83. The van der Waals surface area contributed by atoms with Gasteiger partial charge in [0.15, 0.2) is 0 Å². The molecule has 10 rings (SSSR count). The second-order valence-electron chi connectivity index (χ2n) is 13.3. The second kappa shape index (κ2) is 12.7. The lowest BCUT2D eigenvalue weighted by atomic mass is 10.1. The van der Waals surface area contributed by atoms with Crippen LogP contribution in [0.4, 0.5) is 17.1 Å². The Morgan fingerprint density at radius 2 is 0.962 bits per heavy atom. The van der Waals surface area contributed by atoms with E-state index in [0.717, 1.165) is 61.7 Å². The smallest absolute Gasteiger partial charge is 0.0701 e. The van der Waals surface area contributed by atoms with Crippen LogP contribution in [0.15, 0.2) is 188 Å². The quantitative estimate of drug-likeness (QED) is 0.182. The molecule has 5 nitrogen and oxygen atoms in total. The van der Waals surface area contributed by atoms with Gasteiger partial charge in [-0.1, -0.05) is 91.0 Å². The summed E-state index contributed by atoms with van der Waals surface area (Å²) in [4.78, 5) is 6.89. The van der Waals surface area contributed by atoms with Gasteiger partial charge in [0, 0.05) is 56.1 Å². The summed E-state index contributed by atoms with van der Waals surface area (Å²) in [6, 6.07) is 64.2. The van der Waals surface area contributed by atoms with Crippen LogP contribution in [-0.4, -0.2) is 19.2 Å². The van der Waals surface area contributed by atoms with Gasteiger partial charge in [0.1, 0.15) is 0 Å². The molecule has 3 heterocycles. The molecule has 3 aromatic heterocycles. The van der Waals surface area contributed by atoms with Crippen LogP contribution in [0.2, 0.25) is 0 Å². The summed E-state index contributed by atoms with van der Waals surface area (Å²) in [6.45, 7) is -0.00401. The SMILES string of the molecule is OCc1ccc(N(c2ccc(-n3c4ccccc4c4ccccc43)cc2)c2cccc3c2c2ccccc2n3-c2ccc(-c3ccccn3)cc2)cc1. The summed E-state index contributed by atoms with van der Waals surface area (Å²) in [7, 11) is 0. The summed E-state index contributed by atoms with van der Waals surface area (Å²) in [5, 5.41) is 14.7. The van der Waals surface area contributed by atoms with Gasteiger partial charge in [-0.25, -0.2) is 0 Å². The second-order valence-corrected chi connectivity index (χ2v) is 13.3. The molecule has 0 saturated heterocycles. The van der Waals surface area contributed by atoms with Crippen LogP contribution in [0.3, 0.4) is 0 Å². The number of rotatable bonds is 7. The van der Waals surface area contributed by atoms with Crippen LogP contribution in [0.5, 0.6) is 0 Å². The Balaban J connectivity index is 1.16. The van der Waals surface area contributed by atoms with Gasteiger partial charge in [0.05, 0.1) is 40.1 Å². The van der Waals surface area contributed by atoms with Crippen molar-refractivity contribution in [2.75, 3.05) is 4.90 Å². The third-order valence-electron chi connectivity index (χ3n) is 10.3. The van der Waals surface area contributed by atoms with Gasteiger partial charge >= 0.3 is 0 Å². The maximum Gasteiger partial charge on any atom is 0.0701 e. The first-order chi connectivity index (χ1) is 26.3. The zero-order chi connectivity index (χ0) is 35.3. The lowest BCUT2D eigenvalue weighted by molar-refractivity contribution is 0.282. The Morgan fingerprint density at radius 3 is 1.57 bits per heavy atom. The van der Waals surface area contributed by atoms with Crippen LogP contribution in [0, 0.1) is 0 Å². The van der Waals surface area contributed by atoms with Gasteiger partial charge in [0.2, 0.25) is 0 Å². The number of pyridine rings is 1. The fourth-order valence-corrected chi connectivity index (χ4v) is 7.91. The molecule has 0 saturated carbocycles. The maximum absolute atomic E-state index is 9.90. The predicted octanol–water partition coefficient (Wildman–Crippen LogP) is 11.9. The van der Waals surface area contributed by atoms with E-state index in [1.165, 1.54) is 27.2 Å². The van der Waals surface area contributed by atoms with Gasteiger partial charge < -0.3 is 19.1 Å². The minimum atomic E-state index is -0.00401. The monoisotopic (exact) mass is 682 g/mol. The van der Waals surface area contributed by atoms with E-state index in [1.54, 1.807) is 0 Å². The standard InChI is InChI=1S/C48H34N4O/c53-32-33-19-23-35(24-20-33)50(36-27-29-38(30-28-36)51-43-14-4-1-10-39(43)40-11-2-5-15-44(40)51)46-17-9-18-47-48(46)41-12-3-6-16-45(41)52(47)37-25-21-34(22-26-37)42-13-7-8-31-49-42/h1-31,53H,32H2. The molecule has 10 aromatic rings. The van der Waals surface area contributed by atoms with Gasteiger partial charge in [-0.15, -0.1) is 0 Å². The number of para-hydroxylation sites is 3. The minimum absolute atomic E-state index is 0.00401. The predicted molar refractivity (Wildman–Crippen MR) is 219 cm³/mol. The molecule has 0 aliphatic heterocycles. The van der Waals surface area contributed by atoms with Crippen molar-refractivity contribution in [3.63, 3.8) is 0 Å². The third-order valence-corrected chi connectivity index (χ3v) is 10.3. The van der Waals surface area contributed by atoms with E-state index in [4.69, 9.17) is 0 Å². The minimum Gasteiger partial charge on any atom is -0.392 e. The zero-order valence-corrected chi connectivity index (χ0v) is 28.8. The Hall–Kier alpha value is -6.95. The van der Waals surface area contributed by atoms with Crippen molar-refractivity contribution in [3.8, 4) is 22.6 Å². The average Bonchev–Trinajstić information content (AvgIpc) is 3.75. The van der Waals surface area contributed by atoms with Gasteiger partial charge in [-0.3, -0.25) is 4.98 Å². The maximum atomic E-state index is 9.90. The van der Waals surface area contributed by atoms with Gasteiger partial charge in [-0.2, -0.15) is 0 Å². The fourth-order valence-electron chi connectivity index (χ4n) is 7.91. The molecule has 0 radical (unpaired) electrons. The number of fused-ring (bicyclic) bond motifs is 6. The molecule has 53 heavy (non-hydrogen) atoms. The van der Waals surface area contributed by atoms with Crippen molar-refractivity contribution in [3.05, 3.63) is 194 Å². The van der Waals surface area contributed by atoms with E-state index < -0.39 is 0 Å². The first-order valence-electron chi connectivity index (χ1n) is 17.9. The number of anilines is 3. The molecule has 1 N–H and O–H groups in total. The van der Waals surface area contributed by atoms with Crippen molar-refractivity contribution in [2.45, 2.75) is 6.61 Å². The van der Waals surface area contributed by atoms with E-state index in [0.29, 0.717) is 0 Å². The van der Waals surface area contributed by atoms with E-state index in [2.05, 4.69) is 171 Å². The van der Waals surface area contributed by atoms with Crippen molar-refractivity contribution in [1.29, 1.82) is 0 Å². The Bertz CT molecular complexity index is 2850. The van der Waals surface area contributed by atoms with E-state index >= 15 is 0 Å². The number of hydrogen-bond donors (Lipinski definition) is 1. The van der Waals surface area contributed by atoms with Crippen molar-refractivity contribution in [2.24, 2.45) is 0 Å². The first kappa shape index (κ1) is 30.8. The Morgan fingerprint density at radius 1 is 0.453 bits per heavy atom. The Labute approximate surface area is 306 Å². The molecule has 252 valence electrons. The van der Waals surface area contributed by atoms with Crippen LogP contribution in [0.25, 0.3) is 66.2 Å². The largest absolute Gasteiger partial charge is 0.392 e. The molecule has 0 amide bonds. The van der Waals surface area contributed by atoms with Gasteiger partial charge in [-0.05, 0) is 96.6 Å². The number of aliphatic hydroxyl groups is 1. The first-order valence-corrected chi connectivity index (χ1v) is 17.9. The Kier molecular flexibility index (Phi) is 7.37. The molecule has 0 aliphatic rings. The molecule has 0 unspecified atom stereocenters. The van der Waals surface area contributed by atoms with Crippen LogP contribution < -0.4 is 4.90 Å². The number of benzene rings is 7. The van der Waals surface area contributed by atoms with E-state index in [-0.39, 0.29) is 6.61 Å². The van der Waals surface area contributed by atoms with E-state index in [1.807, 2.05) is 36.5 Å². The lowest BCUT2D eigenvalue weighted by Crippen LogP contribution is -2.11. The zero-order valence-electron chi connectivity index (χ0n) is 28.8. The van der Waals surface area contributed by atoms with Crippen molar-refractivity contribution >= 4 is 60.7 Å². The molecule has 0 bridgehead atoms. The average molecular weight is 683 g/mol. The molecule has 0 atom stereocenters. The normalized spacial score (nSPS) is 11.6. The highest BCUT2D eigenvalue weighted by Crippen LogP contribution is 2.44. The third kappa shape index (κ3) is 5.09. The highest BCUT2D eigenvalue weighted by molar-refractivity contribution is 6.16. The molecule has 0 fully saturated rings. The summed E-state index contributed by atoms with van der Waals surface area (Å²) in [5.41, 5.74) is 12.8. The van der Waals surface area contributed by atoms with Crippen LogP contribution in [-0.2, 0) is 6.61 Å². The highest BCUT2D eigenvalue weighted by Gasteiger charge is 2.21. The number of nitrogens with zero attached hydrogens (tertiary/aromatic N) is 4. The molecular formula is C48H34N4O.